The minimum absolute atomic E-state index is 0.137. The number of fused-ring (bicyclic) bond motifs is 1. The number of aromatic amines is 1. The zero-order chi connectivity index (χ0) is 27.4. The number of nitrogens with one attached hydrogen (secondary N) is 2. The molecule has 0 saturated heterocycles. The molecule has 9 nitrogen and oxygen atoms in total. The number of aromatic nitrogens is 1. The van der Waals surface area contributed by atoms with E-state index in [2.05, 4.69) is 15.5 Å². The number of hydrazone groups is 1. The van der Waals surface area contributed by atoms with Gasteiger partial charge >= 0.3 is 5.97 Å². The Hall–Kier alpha value is -5.28. The molecule has 0 aliphatic rings. The summed E-state index contributed by atoms with van der Waals surface area (Å²) in [4.78, 5) is 39.2. The smallest absolute Gasteiger partial charge is 0.343 e. The van der Waals surface area contributed by atoms with E-state index in [1.165, 1.54) is 30.5 Å². The van der Waals surface area contributed by atoms with Crippen molar-refractivity contribution >= 4 is 46.3 Å². The molecule has 10 heteroatoms. The van der Waals surface area contributed by atoms with Crippen LogP contribution >= 0.6 is 11.6 Å². The number of ether oxygens (including phenoxy) is 1. The summed E-state index contributed by atoms with van der Waals surface area (Å²) in [5.74, 6) is -0.990. The maximum absolute atomic E-state index is 13.2. The van der Waals surface area contributed by atoms with Crippen molar-refractivity contribution in [3.63, 3.8) is 0 Å². The van der Waals surface area contributed by atoms with Gasteiger partial charge in [-0.15, -0.1) is 0 Å². The predicted molar refractivity (Wildman–Crippen MR) is 148 cm³/mol. The fraction of sp³-hybridized carbons (Fsp3) is 0. The van der Waals surface area contributed by atoms with Crippen LogP contribution in [0.15, 0.2) is 102 Å². The van der Waals surface area contributed by atoms with E-state index in [9.17, 15) is 19.7 Å². The van der Waals surface area contributed by atoms with Gasteiger partial charge in [0, 0.05) is 28.6 Å². The van der Waals surface area contributed by atoms with Crippen molar-refractivity contribution in [1.82, 2.24) is 10.4 Å². The van der Waals surface area contributed by atoms with E-state index in [1.54, 1.807) is 30.3 Å². The number of para-hydroxylation sites is 2. The highest BCUT2D eigenvalue weighted by molar-refractivity contribution is 6.36. The standard InChI is InChI=1S/C29H19ClN4O5/c30-23-11-6-10-22-25(18-7-2-1-3-8-18)27(32-26(22)23)28(35)33-31-17-20-9-4-5-12-24(20)39-29(36)19-13-15-21(16-14-19)34(37)38/h1-17,32H,(H,33,35). The molecule has 1 heterocycles. The number of rotatable bonds is 7. The van der Waals surface area contributed by atoms with Gasteiger partial charge in [-0.2, -0.15) is 5.10 Å². The molecule has 0 saturated carbocycles. The quantitative estimate of drug-likeness (QED) is 0.0817. The van der Waals surface area contributed by atoms with E-state index >= 15 is 0 Å². The third kappa shape index (κ3) is 5.39. The number of esters is 1. The number of benzene rings is 4. The average molecular weight is 539 g/mol. The monoisotopic (exact) mass is 538 g/mol. The summed E-state index contributed by atoms with van der Waals surface area (Å²) in [6, 6.07) is 26.6. The molecular formula is C29H19ClN4O5. The molecular weight excluding hydrogens is 520 g/mol. The number of carbonyl (C=O) groups excluding carboxylic acids is 2. The fourth-order valence-corrected chi connectivity index (χ4v) is 4.25. The molecule has 4 aromatic carbocycles. The van der Waals surface area contributed by atoms with Crippen LogP contribution in [0.3, 0.4) is 0 Å². The molecule has 0 bridgehead atoms. The maximum Gasteiger partial charge on any atom is 0.343 e. The number of nitrogens with zero attached hydrogens (tertiary/aromatic N) is 2. The first-order valence-electron chi connectivity index (χ1n) is 11.7. The van der Waals surface area contributed by atoms with Crippen LogP contribution in [0.2, 0.25) is 5.02 Å². The molecule has 0 aliphatic heterocycles. The second kappa shape index (κ2) is 11.0. The fourth-order valence-electron chi connectivity index (χ4n) is 4.03. The van der Waals surface area contributed by atoms with Crippen LogP contribution < -0.4 is 10.2 Å². The number of H-pyrrole nitrogens is 1. The van der Waals surface area contributed by atoms with Gasteiger partial charge in [0.05, 0.1) is 27.2 Å². The molecule has 1 aromatic heterocycles. The summed E-state index contributed by atoms with van der Waals surface area (Å²) >= 11 is 6.38. The highest BCUT2D eigenvalue weighted by atomic mass is 35.5. The Kier molecular flexibility index (Phi) is 7.15. The number of carbonyl (C=O) groups is 2. The predicted octanol–water partition coefficient (Wildman–Crippen LogP) is 6.38. The minimum Gasteiger partial charge on any atom is -0.422 e. The third-order valence-electron chi connectivity index (χ3n) is 5.88. The first-order chi connectivity index (χ1) is 18.9. The van der Waals surface area contributed by atoms with Crippen molar-refractivity contribution in [1.29, 1.82) is 0 Å². The normalized spacial score (nSPS) is 11.0. The Labute approximate surface area is 226 Å². The summed E-state index contributed by atoms with van der Waals surface area (Å²) in [5.41, 5.74) is 5.41. The number of nitro groups is 1. The molecule has 0 unspecified atom stereocenters. The molecule has 2 N–H and O–H groups in total. The van der Waals surface area contributed by atoms with Crippen molar-refractivity contribution in [2.45, 2.75) is 0 Å². The van der Waals surface area contributed by atoms with Gasteiger partial charge in [-0.1, -0.05) is 66.2 Å². The molecule has 0 spiro atoms. The molecule has 0 atom stereocenters. The lowest BCUT2D eigenvalue weighted by molar-refractivity contribution is -0.384. The number of nitro benzene ring substituents is 1. The number of non-ortho nitro benzene ring substituents is 1. The zero-order valence-electron chi connectivity index (χ0n) is 20.1. The van der Waals surface area contributed by atoms with Crippen molar-refractivity contribution in [3.05, 3.63) is 129 Å². The average Bonchev–Trinajstić information content (AvgIpc) is 3.35. The van der Waals surface area contributed by atoms with Crippen molar-refractivity contribution in [2.75, 3.05) is 0 Å². The summed E-state index contributed by atoms with van der Waals surface area (Å²) in [6.07, 6.45) is 1.36. The molecule has 0 aliphatic carbocycles. The van der Waals surface area contributed by atoms with Gasteiger partial charge in [-0.05, 0) is 35.9 Å². The Balaban J connectivity index is 1.37. The first-order valence-corrected chi connectivity index (χ1v) is 12.0. The van der Waals surface area contributed by atoms with Gasteiger partial charge in [0.1, 0.15) is 11.4 Å². The molecule has 39 heavy (non-hydrogen) atoms. The number of amides is 1. The van der Waals surface area contributed by atoms with Crippen LogP contribution in [0.4, 0.5) is 5.69 Å². The van der Waals surface area contributed by atoms with Gasteiger partial charge in [-0.25, -0.2) is 10.2 Å². The molecule has 0 fully saturated rings. The maximum atomic E-state index is 13.2. The van der Waals surface area contributed by atoms with Gasteiger partial charge in [0.2, 0.25) is 0 Å². The third-order valence-corrected chi connectivity index (χ3v) is 6.19. The van der Waals surface area contributed by atoms with E-state index in [0.29, 0.717) is 27.4 Å². The largest absolute Gasteiger partial charge is 0.422 e. The van der Waals surface area contributed by atoms with Crippen LogP contribution in [0, 0.1) is 10.1 Å². The van der Waals surface area contributed by atoms with E-state index in [4.69, 9.17) is 16.3 Å². The lowest BCUT2D eigenvalue weighted by atomic mass is 10.0. The Bertz CT molecular complexity index is 1730. The highest BCUT2D eigenvalue weighted by Crippen LogP contribution is 2.35. The minimum atomic E-state index is -0.697. The van der Waals surface area contributed by atoms with Crippen molar-refractivity contribution in [2.24, 2.45) is 5.10 Å². The van der Waals surface area contributed by atoms with Gasteiger partial charge in [-0.3, -0.25) is 14.9 Å². The topological polar surface area (TPSA) is 127 Å². The summed E-state index contributed by atoms with van der Waals surface area (Å²) in [5, 5.41) is 16.2. The highest BCUT2D eigenvalue weighted by Gasteiger charge is 2.20. The van der Waals surface area contributed by atoms with E-state index < -0.39 is 16.8 Å². The van der Waals surface area contributed by atoms with Crippen molar-refractivity contribution in [3.8, 4) is 16.9 Å². The Morgan fingerprint density at radius 1 is 0.923 bits per heavy atom. The van der Waals surface area contributed by atoms with E-state index in [1.807, 2.05) is 42.5 Å². The summed E-state index contributed by atoms with van der Waals surface area (Å²) in [7, 11) is 0. The number of hydrogen-bond donors (Lipinski definition) is 2. The molecule has 0 radical (unpaired) electrons. The van der Waals surface area contributed by atoms with Crippen LogP contribution in [0.25, 0.3) is 22.0 Å². The lowest BCUT2D eigenvalue weighted by Crippen LogP contribution is -2.19. The Morgan fingerprint density at radius 3 is 2.38 bits per heavy atom. The SMILES string of the molecule is O=C(Oc1ccccc1C=NNC(=O)c1[nH]c2c(Cl)cccc2c1-c1ccccc1)c1ccc([N+](=O)[O-])cc1. The molecule has 5 aromatic rings. The molecule has 1 amide bonds. The van der Waals surface area contributed by atoms with Gasteiger partial charge in [0.15, 0.2) is 0 Å². The van der Waals surface area contributed by atoms with E-state index in [0.717, 1.165) is 10.9 Å². The van der Waals surface area contributed by atoms with Gasteiger partial charge < -0.3 is 9.72 Å². The Morgan fingerprint density at radius 2 is 1.64 bits per heavy atom. The molecule has 5 rings (SSSR count). The number of hydrogen-bond acceptors (Lipinski definition) is 6. The lowest BCUT2D eigenvalue weighted by Gasteiger charge is -2.07. The first kappa shape index (κ1) is 25.4. The van der Waals surface area contributed by atoms with E-state index in [-0.39, 0.29) is 17.0 Å². The molecule has 192 valence electrons. The number of halogens is 1. The summed E-state index contributed by atoms with van der Waals surface area (Å²) in [6.45, 7) is 0. The van der Waals surface area contributed by atoms with Gasteiger partial charge in [0.25, 0.3) is 11.6 Å². The summed E-state index contributed by atoms with van der Waals surface area (Å²) < 4.78 is 5.47. The second-order valence-corrected chi connectivity index (χ2v) is 8.74. The van der Waals surface area contributed by atoms with Crippen LogP contribution in [-0.4, -0.2) is 28.0 Å². The zero-order valence-corrected chi connectivity index (χ0v) is 20.9. The van der Waals surface area contributed by atoms with Crippen molar-refractivity contribution < 1.29 is 19.2 Å². The second-order valence-electron chi connectivity index (χ2n) is 8.33. The van der Waals surface area contributed by atoms with Crippen LogP contribution in [-0.2, 0) is 0 Å². The van der Waals surface area contributed by atoms with Crippen LogP contribution in [0.1, 0.15) is 26.4 Å². The van der Waals surface area contributed by atoms with Crippen LogP contribution in [0.5, 0.6) is 5.75 Å².